The van der Waals surface area contributed by atoms with Crippen molar-refractivity contribution in [3.8, 4) is 0 Å². The number of carbonyl (C=O) groups excluding carboxylic acids is 1. The summed E-state index contributed by atoms with van der Waals surface area (Å²) in [5.41, 5.74) is 1.43. The average Bonchev–Trinajstić information content (AvgIpc) is 2.64. The van der Waals surface area contributed by atoms with Crippen molar-refractivity contribution in [1.29, 1.82) is 0 Å². The summed E-state index contributed by atoms with van der Waals surface area (Å²) in [4.78, 5) is 18.7. The number of guanidine groups is 1. The van der Waals surface area contributed by atoms with E-state index in [2.05, 4.69) is 64.7 Å². The van der Waals surface area contributed by atoms with Gasteiger partial charge in [-0.25, -0.2) is 4.99 Å². The summed E-state index contributed by atoms with van der Waals surface area (Å²) < 4.78 is 0. The first-order chi connectivity index (χ1) is 12.2. The molecule has 1 aliphatic heterocycles. The summed E-state index contributed by atoms with van der Waals surface area (Å²) in [5.74, 6) is 1.99. The van der Waals surface area contributed by atoms with Crippen LogP contribution in [0.3, 0.4) is 0 Å². The summed E-state index contributed by atoms with van der Waals surface area (Å²) in [6.45, 7) is 10.1. The topological polar surface area (TPSA) is 56.7 Å². The second-order valence-corrected chi connectivity index (χ2v) is 6.75. The van der Waals surface area contributed by atoms with Gasteiger partial charge in [0.1, 0.15) is 6.54 Å². The number of nitrogens with one attached hydrogen (secondary N) is 2. The van der Waals surface area contributed by atoms with E-state index in [0.29, 0.717) is 18.4 Å². The Labute approximate surface area is 151 Å². The Balaban J connectivity index is 1.97. The molecule has 0 spiro atoms. The van der Waals surface area contributed by atoms with E-state index in [-0.39, 0.29) is 12.5 Å². The van der Waals surface area contributed by atoms with Gasteiger partial charge in [-0.1, -0.05) is 44.2 Å². The summed E-state index contributed by atoms with van der Waals surface area (Å²) in [6, 6.07) is 10.8. The van der Waals surface area contributed by atoms with Crippen LogP contribution in [-0.4, -0.2) is 49.5 Å². The predicted molar refractivity (Wildman–Crippen MR) is 104 cm³/mol. The molecule has 0 bridgehead atoms. The van der Waals surface area contributed by atoms with Crippen molar-refractivity contribution < 1.29 is 4.79 Å². The minimum atomic E-state index is -0.00975. The number of carbonyl (C=O) groups is 1. The van der Waals surface area contributed by atoms with Crippen LogP contribution in [0.5, 0.6) is 0 Å². The molecule has 5 nitrogen and oxygen atoms in total. The first-order valence-corrected chi connectivity index (χ1v) is 9.50. The van der Waals surface area contributed by atoms with Crippen LogP contribution in [0.15, 0.2) is 35.3 Å². The van der Waals surface area contributed by atoms with Crippen LogP contribution < -0.4 is 10.6 Å². The number of hydrogen-bond acceptors (Lipinski definition) is 2. The lowest BCUT2D eigenvalue weighted by Crippen LogP contribution is -2.48. The van der Waals surface area contributed by atoms with Crippen molar-refractivity contribution in [1.82, 2.24) is 15.5 Å². The standard InChI is InChI=1S/C20H32N4O/c1-4-12-22-19(25)14-23-20(21-5-2)24-13-11-18(16(3)15-24)17-9-7-6-8-10-17/h6-10,16,18H,4-5,11-15H2,1-3H3,(H,21,23)(H,22,25). The highest BCUT2D eigenvalue weighted by atomic mass is 16.1. The molecule has 0 saturated carbocycles. The second kappa shape index (κ2) is 10.1. The van der Waals surface area contributed by atoms with Gasteiger partial charge in [0, 0.05) is 26.2 Å². The average molecular weight is 345 g/mol. The molecule has 1 heterocycles. The maximum absolute atomic E-state index is 11.8. The van der Waals surface area contributed by atoms with Gasteiger partial charge in [0.25, 0.3) is 0 Å². The largest absolute Gasteiger partial charge is 0.357 e. The van der Waals surface area contributed by atoms with Crippen molar-refractivity contribution in [2.75, 3.05) is 32.7 Å². The molecule has 1 amide bonds. The van der Waals surface area contributed by atoms with E-state index in [4.69, 9.17) is 0 Å². The molecule has 2 unspecified atom stereocenters. The highest BCUT2D eigenvalue weighted by Crippen LogP contribution is 2.32. The molecule has 0 aliphatic carbocycles. The molecule has 1 aliphatic rings. The normalized spacial score (nSPS) is 21.1. The number of hydrogen-bond donors (Lipinski definition) is 2. The Hall–Kier alpha value is -2.04. The van der Waals surface area contributed by atoms with E-state index < -0.39 is 0 Å². The van der Waals surface area contributed by atoms with Gasteiger partial charge in [-0.15, -0.1) is 0 Å². The molecular weight excluding hydrogens is 312 g/mol. The molecule has 2 N–H and O–H groups in total. The van der Waals surface area contributed by atoms with Crippen LogP contribution in [0, 0.1) is 5.92 Å². The lowest BCUT2D eigenvalue weighted by Gasteiger charge is -2.39. The van der Waals surface area contributed by atoms with Crippen molar-refractivity contribution in [3.63, 3.8) is 0 Å². The number of amides is 1. The zero-order valence-corrected chi connectivity index (χ0v) is 15.8. The Morgan fingerprint density at radius 1 is 1.24 bits per heavy atom. The zero-order chi connectivity index (χ0) is 18.1. The summed E-state index contributed by atoms with van der Waals surface area (Å²) in [6.07, 6.45) is 2.05. The van der Waals surface area contributed by atoms with Crippen LogP contribution in [0.25, 0.3) is 0 Å². The zero-order valence-electron chi connectivity index (χ0n) is 15.8. The number of nitrogens with zero attached hydrogens (tertiary/aromatic N) is 2. The van der Waals surface area contributed by atoms with Crippen LogP contribution in [0.2, 0.25) is 0 Å². The molecule has 1 aromatic carbocycles. The molecule has 138 valence electrons. The van der Waals surface area contributed by atoms with Crippen LogP contribution >= 0.6 is 0 Å². The number of rotatable bonds is 6. The van der Waals surface area contributed by atoms with E-state index in [1.54, 1.807) is 0 Å². The van der Waals surface area contributed by atoms with Crippen molar-refractivity contribution in [2.24, 2.45) is 10.9 Å². The van der Waals surface area contributed by atoms with Gasteiger partial charge < -0.3 is 15.5 Å². The van der Waals surface area contributed by atoms with Crippen molar-refractivity contribution in [3.05, 3.63) is 35.9 Å². The molecule has 5 heteroatoms. The maximum Gasteiger partial charge on any atom is 0.241 e. The summed E-state index contributed by atoms with van der Waals surface area (Å²) in [7, 11) is 0. The smallest absolute Gasteiger partial charge is 0.241 e. The third-order valence-electron chi connectivity index (χ3n) is 4.71. The minimum absolute atomic E-state index is 0.00975. The van der Waals surface area contributed by atoms with Gasteiger partial charge >= 0.3 is 0 Å². The molecule has 2 atom stereocenters. The fourth-order valence-electron chi connectivity index (χ4n) is 3.43. The predicted octanol–water partition coefficient (Wildman–Crippen LogP) is 2.60. The second-order valence-electron chi connectivity index (χ2n) is 6.75. The van der Waals surface area contributed by atoms with Crippen LogP contribution in [0.4, 0.5) is 0 Å². The molecule has 0 radical (unpaired) electrons. The third kappa shape index (κ3) is 5.76. The third-order valence-corrected chi connectivity index (χ3v) is 4.71. The van der Waals surface area contributed by atoms with E-state index >= 15 is 0 Å². The highest BCUT2D eigenvalue weighted by Gasteiger charge is 2.28. The molecule has 1 saturated heterocycles. The quantitative estimate of drug-likeness (QED) is 0.616. The molecule has 25 heavy (non-hydrogen) atoms. The molecule has 1 aromatic rings. The van der Waals surface area contributed by atoms with Crippen LogP contribution in [0.1, 0.15) is 45.1 Å². The first kappa shape index (κ1) is 19.3. The van der Waals surface area contributed by atoms with Crippen LogP contribution in [-0.2, 0) is 4.79 Å². The van der Waals surface area contributed by atoms with E-state index in [0.717, 1.165) is 38.4 Å². The van der Waals surface area contributed by atoms with Gasteiger partial charge in [0.2, 0.25) is 5.91 Å². The highest BCUT2D eigenvalue weighted by molar-refractivity contribution is 5.85. The SMILES string of the molecule is CCCNC(=O)CN=C(NCC)N1CCC(c2ccccc2)C(C)C1. The number of benzene rings is 1. The van der Waals surface area contributed by atoms with Gasteiger partial charge in [0.05, 0.1) is 0 Å². The summed E-state index contributed by atoms with van der Waals surface area (Å²) in [5, 5.41) is 6.21. The van der Waals surface area contributed by atoms with E-state index in [9.17, 15) is 4.79 Å². The number of aliphatic imine (C=N–C) groups is 1. The lowest BCUT2D eigenvalue weighted by atomic mass is 9.82. The molecular formula is C20H32N4O. The minimum Gasteiger partial charge on any atom is -0.357 e. The number of piperidine rings is 1. The van der Waals surface area contributed by atoms with Gasteiger partial charge in [-0.2, -0.15) is 0 Å². The monoisotopic (exact) mass is 344 g/mol. The van der Waals surface area contributed by atoms with E-state index in [1.165, 1.54) is 5.56 Å². The Bertz CT molecular complexity index is 558. The van der Waals surface area contributed by atoms with Gasteiger partial charge in [-0.3, -0.25) is 4.79 Å². The maximum atomic E-state index is 11.8. The fraction of sp³-hybridized carbons (Fsp3) is 0.600. The fourth-order valence-corrected chi connectivity index (χ4v) is 3.43. The molecule has 2 rings (SSSR count). The molecule has 0 aromatic heterocycles. The Morgan fingerprint density at radius 3 is 2.64 bits per heavy atom. The van der Waals surface area contributed by atoms with Crippen molar-refractivity contribution >= 4 is 11.9 Å². The molecule has 1 fully saturated rings. The lowest BCUT2D eigenvalue weighted by molar-refractivity contribution is -0.119. The van der Waals surface area contributed by atoms with Gasteiger partial charge in [-0.05, 0) is 37.2 Å². The number of likely N-dealkylation sites (tertiary alicyclic amines) is 1. The van der Waals surface area contributed by atoms with E-state index in [1.807, 2.05) is 6.92 Å². The van der Waals surface area contributed by atoms with Crippen molar-refractivity contribution in [2.45, 2.75) is 39.5 Å². The first-order valence-electron chi connectivity index (χ1n) is 9.50. The summed E-state index contributed by atoms with van der Waals surface area (Å²) >= 11 is 0. The van der Waals surface area contributed by atoms with Gasteiger partial charge in [0.15, 0.2) is 5.96 Å². The Kier molecular flexibility index (Phi) is 7.76. The Morgan fingerprint density at radius 2 is 2.00 bits per heavy atom.